The van der Waals surface area contributed by atoms with Gasteiger partial charge in [-0.25, -0.2) is 0 Å². The third kappa shape index (κ3) is 3.15. The highest BCUT2D eigenvalue weighted by Gasteiger charge is 2.33. The molecule has 0 aliphatic rings. The molecule has 0 aliphatic carbocycles. The van der Waals surface area contributed by atoms with E-state index >= 15 is 0 Å². The second-order valence-corrected chi connectivity index (χ2v) is 4.06. The van der Waals surface area contributed by atoms with E-state index in [1.807, 2.05) is 6.07 Å². The third-order valence-corrected chi connectivity index (χ3v) is 2.47. The molecule has 7 heteroatoms. The van der Waals surface area contributed by atoms with Gasteiger partial charge in [0.25, 0.3) is 0 Å². The number of anilines is 1. The average Bonchev–Trinajstić information content (AvgIpc) is 2.50. The molecule has 18 heavy (non-hydrogen) atoms. The number of halogens is 3. The minimum Gasteiger partial charge on any atom is -0.347 e. The summed E-state index contributed by atoms with van der Waals surface area (Å²) in [5, 5.41) is 13.0. The molecular formula is C11H15F3N4. The molecule has 0 amide bonds. The van der Waals surface area contributed by atoms with Crippen LogP contribution in [0.1, 0.15) is 24.6 Å². The van der Waals surface area contributed by atoms with Crippen LogP contribution in [-0.4, -0.2) is 29.0 Å². The first-order valence-corrected chi connectivity index (χ1v) is 5.55. The molecule has 0 aromatic carbocycles. The van der Waals surface area contributed by atoms with Crippen LogP contribution >= 0.6 is 0 Å². The summed E-state index contributed by atoms with van der Waals surface area (Å²) in [4.78, 5) is 1.15. The van der Waals surface area contributed by atoms with Crippen molar-refractivity contribution >= 4 is 5.82 Å². The van der Waals surface area contributed by atoms with Crippen molar-refractivity contribution in [1.82, 2.24) is 9.78 Å². The molecule has 0 unspecified atom stereocenters. The average molecular weight is 260 g/mol. The van der Waals surface area contributed by atoms with E-state index in [2.05, 4.69) is 5.10 Å². The fraction of sp³-hybridized carbons (Fsp3) is 0.636. The fourth-order valence-corrected chi connectivity index (χ4v) is 1.89. The molecule has 0 atom stereocenters. The zero-order valence-corrected chi connectivity index (χ0v) is 10.5. The molecule has 1 rings (SSSR count). The van der Waals surface area contributed by atoms with Gasteiger partial charge in [0.05, 0.1) is 5.69 Å². The molecule has 1 heterocycles. The summed E-state index contributed by atoms with van der Waals surface area (Å²) < 4.78 is 38.9. The largest absolute Gasteiger partial charge is 0.405 e. The van der Waals surface area contributed by atoms with Crippen LogP contribution in [0.5, 0.6) is 0 Å². The highest BCUT2D eigenvalue weighted by atomic mass is 19.4. The Morgan fingerprint density at radius 1 is 1.44 bits per heavy atom. The van der Waals surface area contributed by atoms with Gasteiger partial charge in [0.15, 0.2) is 0 Å². The zero-order valence-electron chi connectivity index (χ0n) is 10.5. The van der Waals surface area contributed by atoms with Gasteiger partial charge < -0.3 is 4.90 Å². The molecule has 0 saturated carbocycles. The second-order valence-electron chi connectivity index (χ2n) is 4.06. The molecule has 0 bridgehead atoms. The SMILES string of the molecule is CCCN(CC(F)(F)F)c1c(C#N)c(C)nn1C. The number of aromatic nitrogens is 2. The first-order chi connectivity index (χ1) is 8.30. The maximum absolute atomic E-state index is 12.5. The van der Waals surface area contributed by atoms with Crippen molar-refractivity contribution in [3.05, 3.63) is 11.3 Å². The molecular weight excluding hydrogens is 245 g/mol. The number of aryl methyl sites for hydroxylation is 2. The first-order valence-electron chi connectivity index (χ1n) is 5.55. The smallest absolute Gasteiger partial charge is 0.347 e. The van der Waals surface area contributed by atoms with Gasteiger partial charge >= 0.3 is 6.18 Å². The van der Waals surface area contributed by atoms with Crippen molar-refractivity contribution in [2.24, 2.45) is 7.05 Å². The standard InChI is InChI=1S/C11H15F3N4/c1-4-5-18(7-11(12,13)14)10-9(6-15)8(2)16-17(10)3/h4-5,7H2,1-3H3. The molecule has 0 aliphatic heterocycles. The minimum absolute atomic E-state index is 0.204. The Bertz CT molecular complexity index is 456. The van der Waals surface area contributed by atoms with Gasteiger partial charge in [-0.2, -0.15) is 23.5 Å². The van der Waals surface area contributed by atoms with Crippen LogP contribution in [0.25, 0.3) is 0 Å². The van der Waals surface area contributed by atoms with Crippen molar-refractivity contribution in [3.63, 3.8) is 0 Å². The number of hydrogen-bond acceptors (Lipinski definition) is 3. The summed E-state index contributed by atoms with van der Waals surface area (Å²) in [5.74, 6) is 0.231. The topological polar surface area (TPSA) is 44.9 Å². The van der Waals surface area contributed by atoms with Crippen LogP contribution in [-0.2, 0) is 7.05 Å². The van der Waals surface area contributed by atoms with E-state index in [4.69, 9.17) is 5.26 Å². The monoisotopic (exact) mass is 260 g/mol. The Hall–Kier alpha value is -1.71. The number of nitrogens with zero attached hydrogens (tertiary/aromatic N) is 4. The number of alkyl halides is 3. The maximum Gasteiger partial charge on any atom is 0.405 e. The summed E-state index contributed by atoms with van der Waals surface area (Å²) in [6, 6.07) is 1.92. The Labute approximate surface area is 104 Å². The van der Waals surface area contributed by atoms with Crippen LogP contribution in [0.2, 0.25) is 0 Å². The molecule has 1 aromatic rings. The van der Waals surface area contributed by atoms with Gasteiger partial charge in [0, 0.05) is 13.6 Å². The molecule has 100 valence electrons. The zero-order chi connectivity index (χ0) is 13.9. The molecule has 0 fully saturated rings. The van der Waals surface area contributed by atoms with Gasteiger partial charge in [-0.05, 0) is 13.3 Å². The van der Waals surface area contributed by atoms with E-state index in [1.54, 1.807) is 20.9 Å². The lowest BCUT2D eigenvalue weighted by molar-refractivity contribution is -0.119. The van der Waals surface area contributed by atoms with E-state index in [9.17, 15) is 13.2 Å². The third-order valence-electron chi connectivity index (χ3n) is 2.47. The van der Waals surface area contributed by atoms with E-state index < -0.39 is 12.7 Å². The van der Waals surface area contributed by atoms with Gasteiger partial charge in [-0.1, -0.05) is 6.92 Å². The second kappa shape index (κ2) is 5.29. The van der Waals surface area contributed by atoms with Crippen LogP contribution in [0.4, 0.5) is 19.0 Å². The minimum atomic E-state index is -4.31. The number of hydrogen-bond donors (Lipinski definition) is 0. The first kappa shape index (κ1) is 14.4. The molecule has 0 spiro atoms. The van der Waals surface area contributed by atoms with Gasteiger partial charge in [0.1, 0.15) is 24.0 Å². The summed E-state index contributed by atoms with van der Waals surface area (Å²) in [6.45, 7) is 2.56. The van der Waals surface area contributed by atoms with E-state index in [1.165, 1.54) is 4.68 Å². The van der Waals surface area contributed by atoms with Crippen LogP contribution in [0.15, 0.2) is 0 Å². The Morgan fingerprint density at radius 2 is 2.06 bits per heavy atom. The van der Waals surface area contributed by atoms with Gasteiger partial charge in [0.2, 0.25) is 0 Å². The summed E-state index contributed by atoms with van der Waals surface area (Å²) in [5.41, 5.74) is 0.647. The van der Waals surface area contributed by atoms with Crippen LogP contribution in [0.3, 0.4) is 0 Å². The van der Waals surface area contributed by atoms with E-state index in [-0.39, 0.29) is 17.9 Å². The van der Waals surface area contributed by atoms with E-state index in [0.717, 1.165) is 4.90 Å². The molecule has 4 nitrogen and oxygen atoms in total. The Balaban J connectivity index is 3.18. The van der Waals surface area contributed by atoms with Crippen molar-refractivity contribution in [1.29, 1.82) is 5.26 Å². The molecule has 0 N–H and O–H groups in total. The lowest BCUT2D eigenvalue weighted by Crippen LogP contribution is -2.36. The highest BCUT2D eigenvalue weighted by Crippen LogP contribution is 2.26. The maximum atomic E-state index is 12.5. The summed E-state index contributed by atoms with van der Waals surface area (Å²) in [6.07, 6.45) is -3.74. The van der Waals surface area contributed by atoms with E-state index in [0.29, 0.717) is 12.1 Å². The lowest BCUT2D eigenvalue weighted by Gasteiger charge is -2.25. The number of rotatable bonds is 4. The quantitative estimate of drug-likeness (QED) is 0.835. The lowest BCUT2D eigenvalue weighted by atomic mass is 10.2. The van der Waals surface area contributed by atoms with Crippen LogP contribution in [0, 0.1) is 18.3 Å². The highest BCUT2D eigenvalue weighted by molar-refractivity contribution is 5.57. The summed E-state index contributed by atoms with van der Waals surface area (Å²) in [7, 11) is 1.54. The Kier molecular flexibility index (Phi) is 4.22. The fourth-order valence-electron chi connectivity index (χ4n) is 1.89. The van der Waals surface area contributed by atoms with Crippen molar-refractivity contribution in [2.75, 3.05) is 18.0 Å². The normalized spacial score (nSPS) is 11.4. The van der Waals surface area contributed by atoms with Crippen molar-refractivity contribution < 1.29 is 13.2 Å². The molecule has 0 saturated heterocycles. The van der Waals surface area contributed by atoms with Crippen LogP contribution < -0.4 is 4.90 Å². The number of nitriles is 1. The predicted molar refractivity (Wildman–Crippen MR) is 61.2 cm³/mol. The predicted octanol–water partition coefficient (Wildman–Crippen LogP) is 2.38. The Morgan fingerprint density at radius 3 is 2.50 bits per heavy atom. The molecule has 0 radical (unpaired) electrons. The van der Waals surface area contributed by atoms with Crippen molar-refractivity contribution in [2.45, 2.75) is 26.4 Å². The summed E-state index contributed by atoms with van der Waals surface area (Å²) >= 11 is 0. The van der Waals surface area contributed by atoms with Crippen molar-refractivity contribution in [3.8, 4) is 6.07 Å². The van der Waals surface area contributed by atoms with Gasteiger partial charge in [-0.3, -0.25) is 4.68 Å². The molecule has 1 aromatic heterocycles. The van der Waals surface area contributed by atoms with Gasteiger partial charge in [-0.15, -0.1) is 0 Å².